The molecule has 5 unspecified atom stereocenters. The first-order chi connectivity index (χ1) is 12.1. The minimum Gasteiger partial charge on any atom is -0.476 e. The van der Waals surface area contributed by atoms with Gasteiger partial charge in [0.25, 0.3) is 0 Å². The number of nitrogens with zero attached hydrogens (tertiary/aromatic N) is 4. The Kier molecular flexibility index (Phi) is 4.28. The Hall–Kier alpha value is -1.87. The summed E-state index contributed by atoms with van der Waals surface area (Å²) < 4.78 is 35.6. The molecule has 0 saturated carbocycles. The van der Waals surface area contributed by atoms with Crippen molar-refractivity contribution in [3.63, 3.8) is 0 Å². The van der Waals surface area contributed by atoms with E-state index in [2.05, 4.69) is 15.0 Å². The van der Waals surface area contributed by atoms with Gasteiger partial charge in [-0.2, -0.15) is 9.97 Å². The van der Waals surface area contributed by atoms with Crippen LogP contribution in [0.5, 0.6) is 5.88 Å². The molecule has 0 aromatic carbocycles. The van der Waals surface area contributed by atoms with E-state index in [4.69, 9.17) is 24.3 Å². The van der Waals surface area contributed by atoms with Gasteiger partial charge in [-0.1, -0.05) is 6.92 Å². The molecule has 0 spiro atoms. The molecule has 2 aliphatic heterocycles. The molecule has 0 radical (unpaired) electrons. The Bertz CT molecular complexity index is 814. The van der Waals surface area contributed by atoms with Gasteiger partial charge < -0.3 is 15.2 Å². The maximum absolute atomic E-state index is 11.6. The lowest BCUT2D eigenvalue weighted by atomic mass is 9.97. The summed E-state index contributed by atoms with van der Waals surface area (Å²) in [7, 11) is -2.10. The first-order valence-electron chi connectivity index (χ1n) is 8.17. The number of aromatic nitrogens is 4. The van der Waals surface area contributed by atoms with Gasteiger partial charge in [-0.05, 0) is 13.3 Å². The second kappa shape index (κ2) is 6.45. The van der Waals surface area contributed by atoms with Crippen molar-refractivity contribution in [2.24, 2.45) is 5.92 Å². The average molecular weight is 368 g/mol. The number of fused-ring (bicyclic) bond motifs is 2. The van der Waals surface area contributed by atoms with Crippen molar-refractivity contribution in [1.29, 1.82) is 0 Å². The lowest BCUT2D eigenvalue weighted by molar-refractivity contribution is -0.0530. The highest BCUT2D eigenvalue weighted by atomic mass is 31.1. The van der Waals surface area contributed by atoms with E-state index in [0.29, 0.717) is 23.7 Å². The predicted octanol–water partition coefficient (Wildman–Crippen LogP) is 1.80. The third kappa shape index (κ3) is 2.75. The highest BCUT2D eigenvalue weighted by Gasteiger charge is 2.54. The van der Waals surface area contributed by atoms with E-state index in [0.717, 1.165) is 6.42 Å². The first kappa shape index (κ1) is 16.6. The van der Waals surface area contributed by atoms with E-state index >= 15 is 0 Å². The number of ether oxygens (including phenoxy) is 2. The molecule has 2 fully saturated rings. The Morgan fingerprint density at radius 1 is 1.44 bits per heavy atom. The van der Waals surface area contributed by atoms with Gasteiger partial charge in [-0.25, -0.2) is 4.98 Å². The van der Waals surface area contributed by atoms with E-state index in [9.17, 15) is 4.57 Å². The fourth-order valence-electron chi connectivity index (χ4n) is 3.38. The molecule has 4 rings (SSSR count). The van der Waals surface area contributed by atoms with E-state index in [1.54, 1.807) is 10.9 Å². The molecule has 10 nitrogen and oxygen atoms in total. The molecule has 11 heteroatoms. The van der Waals surface area contributed by atoms with Crippen LogP contribution >= 0.6 is 8.25 Å². The molecular weight excluding hydrogens is 349 g/mol. The van der Waals surface area contributed by atoms with Crippen molar-refractivity contribution in [3.05, 3.63) is 6.33 Å². The molecule has 0 amide bonds. The maximum Gasteiger partial charge on any atom is 0.697 e. The van der Waals surface area contributed by atoms with E-state index in [1.807, 2.05) is 13.8 Å². The van der Waals surface area contributed by atoms with Crippen molar-refractivity contribution >= 4 is 25.4 Å². The van der Waals surface area contributed by atoms with Crippen LogP contribution in [0.4, 0.5) is 5.95 Å². The molecule has 2 saturated heterocycles. The van der Waals surface area contributed by atoms with Crippen LogP contribution in [0.25, 0.3) is 11.2 Å². The lowest BCUT2D eigenvalue weighted by Crippen LogP contribution is -2.34. The highest BCUT2D eigenvalue weighted by molar-refractivity contribution is 7.33. The van der Waals surface area contributed by atoms with E-state index in [1.165, 1.54) is 0 Å². The third-order valence-electron chi connectivity index (χ3n) is 4.45. The minimum absolute atomic E-state index is 0.0167. The second-order valence-corrected chi connectivity index (χ2v) is 6.79. The van der Waals surface area contributed by atoms with E-state index < -0.39 is 8.25 Å². The quantitative estimate of drug-likeness (QED) is 0.804. The van der Waals surface area contributed by atoms with Crippen LogP contribution < -0.4 is 10.5 Å². The number of hydrogen-bond acceptors (Lipinski definition) is 9. The molecule has 0 aliphatic carbocycles. The molecule has 4 heterocycles. The minimum atomic E-state index is -2.10. The van der Waals surface area contributed by atoms with Gasteiger partial charge in [0.15, 0.2) is 17.3 Å². The number of anilines is 1. The summed E-state index contributed by atoms with van der Waals surface area (Å²) in [6, 6.07) is 0. The predicted molar refractivity (Wildman–Crippen MR) is 87.0 cm³/mol. The Morgan fingerprint density at radius 3 is 3.04 bits per heavy atom. The third-order valence-corrected chi connectivity index (χ3v) is 5.23. The van der Waals surface area contributed by atoms with Crippen molar-refractivity contribution in [3.8, 4) is 5.88 Å². The van der Waals surface area contributed by atoms with E-state index in [-0.39, 0.29) is 36.9 Å². The number of nitrogens with two attached hydrogens (primary N) is 1. The van der Waals surface area contributed by atoms with Crippen molar-refractivity contribution < 1.29 is 23.1 Å². The second-order valence-electron chi connectivity index (χ2n) is 5.87. The topological polar surface area (TPSA) is 124 Å². The fourth-order valence-corrected chi connectivity index (χ4v) is 4.20. The molecule has 2 aromatic heterocycles. The normalized spacial score (nSPS) is 30.6. The lowest BCUT2D eigenvalue weighted by Gasteiger charge is -2.20. The molecular formula is C14H19N5O5P+. The number of nitrogen functional groups attached to an aromatic ring is 1. The van der Waals surface area contributed by atoms with Crippen LogP contribution in [-0.4, -0.2) is 44.9 Å². The summed E-state index contributed by atoms with van der Waals surface area (Å²) in [5.41, 5.74) is 6.87. The van der Waals surface area contributed by atoms with Crippen LogP contribution in [0.2, 0.25) is 0 Å². The van der Waals surface area contributed by atoms with Crippen molar-refractivity contribution in [2.45, 2.75) is 38.7 Å². The number of imidazole rings is 1. The Balaban J connectivity index is 1.75. The summed E-state index contributed by atoms with van der Waals surface area (Å²) in [4.78, 5) is 12.8. The van der Waals surface area contributed by atoms with Crippen LogP contribution in [-0.2, 0) is 18.3 Å². The largest absolute Gasteiger partial charge is 0.697 e. The zero-order valence-corrected chi connectivity index (χ0v) is 14.8. The summed E-state index contributed by atoms with van der Waals surface area (Å²) in [6.45, 7) is 4.57. The first-order valence-corrected chi connectivity index (χ1v) is 9.27. The average Bonchev–Trinajstić information content (AvgIpc) is 3.15. The van der Waals surface area contributed by atoms with Gasteiger partial charge >= 0.3 is 8.25 Å². The number of rotatable bonds is 4. The summed E-state index contributed by atoms with van der Waals surface area (Å²) >= 11 is 0. The van der Waals surface area contributed by atoms with Crippen LogP contribution in [0.1, 0.15) is 26.5 Å². The summed E-state index contributed by atoms with van der Waals surface area (Å²) in [5, 5.41) is 0. The maximum atomic E-state index is 11.6. The van der Waals surface area contributed by atoms with Crippen LogP contribution in [0, 0.1) is 5.92 Å². The molecule has 2 N–H and O–H groups in total. The highest BCUT2D eigenvalue weighted by Crippen LogP contribution is 2.47. The van der Waals surface area contributed by atoms with Gasteiger partial charge in [0.05, 0.1) is 12.9 Å². The molecule has 134 valence electrons. The summed E-state index contributed by atoms with van der Waals surface area (Å²) in [5.74, 6) is 0.427. The standard InChI is InChI=1S/C14H19N5O5P/c1-3-7-10-8(5-22-25(20)24-10)23-13(7)19-6-16-9-11(19)17-14(15)18-12(9)21-4-2/h6-8,10,13H,3-5H2,1-2H3,(H2,15,17,18)/q+1. The van der Waals surface area contributed by atoms with Gasteiger partial charge in [-0.3, -0.25) is 4.57 Å². The Morgan fingerprint density at radius 2 is 2.28 bits per heavy atom. The molecule has 5 atom stereocenters. The van der Waals surface area contributed by atoms with Gasteiger partial charge in [0.2, 0.25) is 11.8 Å². The van der Waals surface area contributed by atoms with Crippen molar-refractivity contribution in [2.75, 3.05) is 18.9 Å². The smallest absolute Gasteiger partial charge is 0.476 e. The van der Waals surface area contributed by atoms with Gasteiger partial charge in [0.1, 0.15) is 18.9 Å². The molecule has 0 bridgehead atoms. The molecule has 25 heavy (non-hydrogen) atoms. The fraction of sp³-hybridized carbons (Fsp3) is 0.643. The zero-order chi connectivity index (χ0) is 17.6. The van der Waals surface area contributed by atoms with Gasteiger partial charge in [-0.15, -0.1) is 9.05 Å². The van der Waals surface area contributed by atoms with Crippen LogP contribution in [0.15, 0.2) is 6.33 Å². The van der Waals surface area contributed by atoms with Crippen LogP contribution in [0.3, 0.4) is 0 Å². The zero-order valence-electron chi connectivity index (χ0n) is 13.9. The molecule has 2 aliphatic rings. The molecule has 2 aromatic rings. The summed E-state index contributed by atoms with van der Waals surface area (Å²) in [6.07, 6.45) is 1.44. The monoisotopic (exact) mass is 368 g/mol. The number of hydrogen-bond donors (Lipinski definition) is 1. The van der Waals surface area contributed by atoms with Gasteiger partial charge in [0, 0.05) is 10.5 Å². The van der Waals surface area contributed by atoms with Crippen molar-refractivity contribution in [1.82, 2.24) is 19.5 Å². The SMILES string of the molecule is CCOc1nc(N)nc2c1ncn2C1OC2CO[P+](=O)OC2C1CC. The Labute approximate surface area is 144 Å².